The summed E-state index contributed by atoms with van der Waals surface area (Å²) < 4.78 is 31.4. The highest BCUT2D eigenvalue weighted by molar-refractivity contribution is 7.80. The van der Waals surface area contributed by atoms with E-state index in [0.717, 1.165) is 23.8 Å². The van der Waals surface area contributed by atoms with Crippen LogP contribution in [0.1, 0.15) is 11.1 Å². The summed E-state index contributed by atoms with van der Waals surface area (Å²) in [5, 5.41) is 0. The summed E-state index contributed by atoms with van der Waals surface area (Å²) in [4.78, 5) is 0.254. The minimum atomic E-state index is -0.683. The molecule has 2 aromatic rings. The van der Waals surface area contributed by atoms with Gasteiger partial charge in [0.25, 0.3) is 0 Å². The summed E-state index contributed by atoms with van der Waals surface area (Å²) in [6.45, 7) is 0.135. The second kappa shape index (κ2) is 5.75. The van der Waals surface area contributed by atoms with Crippen molar-refractivity contribution < 1.29 is 13.5 Å². The van der Waals surface area contributed by atoms with Gasteiger partial charge in [-0.25, -0.2) is 8.78 Å². The van der Waals surface area contributed by atoms with Crippen LogP contribution in [0.4, 0.5) is 8.78 Å². The van der Waals surface area contributed by atoms with Crippen LogP contribution < -0.4 is 10.5 Å². The maximum Gasteiger partial charge on any atom is 0.129 e. The van der Waals surface area contributed by atoms with Gasteiger partial charge in [-0.2, -0.15) is 0 Å². The summed E-state index contributed by atoms with van der Waals surface area (Å²) in [5.74, 6) is -1.24. The number of rotatable bonds is 4. The Bertz CT molecular complexity index is 596. The molecule has 5 heteroatoms. The molecule has 0 spiro atoms. The van der Waals surface area contributed by atoms with Crippen molar-refractivity contribution in [2.24, 2.45) is 5.73 Å². The SMILES string of the molecule is NC(=S)c1ccccc1COc1cc(F)cc(F)c1. The lowest BCUT2D eigenvalue weighted by Gasteiger charge is -2.10. The average molecular weight is 279 g/mol. The van der Waals surface area contributed by atoms with Gasteiger partial charge in [0.05, 0.1) is 0 Å². The molecule has 0 saturated carbocycles. The van der Waals surface area contributed by atoms with Crippen molar-refractivity contribution >= 4 is 17.2 Å². The number of thiocarbonyl (C=S) groups is 1. The Balaban J connectivity index is 2.16. The third-order valence-corrected chi connectivity index (χ3v) is 2.73. The first kappa shape index (κ1) is 13.4. The second-order valence-electron chi connectivity index (χ2n) is 3.92. The van der Waals surface area contributed by atoms with E-state index in [-0.39, 0.29) is 17.3 Å². The Hall–Kier alpha value is -2.01. The fraction of sp³-hybridized carbons (Fsp3) is 0.0714. The third kappa shape index (κ3) is 3.48. The van der Waals surface area contributed by atoms with E-state index in [2.05, 4.69) is 0 Å². The van der Waals surface area contributed by atoms with Gasteiger partial charge >= 0.3 is 0 Å². The Morgan fingerprint density at radius 2 is 1.74 bits per heavy atom. The summed E-state index contributed by atoms with van der Waals surface area (Å²) >= 11 is 4.92. The fourth-order valence-electron chi connectivity index (χ4n) is 1.66. The molecule has 0 aromatic heterocycles. The maximum atomic E-state index is 13.0. The molecule has 0 heterocycles. The highest BCUT2D eigenvalue weighted by Crippen LogP contribution is 2.18. The number of benzene rings is 2. The summed E-state index contributed by atoms with van der Waals surface area (Å²) in [6.07, 6.45) is 0. The summed E-state index contributed by atoms with van der Waals surface area (Å²) in [7, 11) is 0. The van der Waals surface area contributed by atoms with E-state index in [4.69, 9.17) is 22.7 Å². The molecule has 2 nitrogen and oxygen atoms in total. The lowest BCUT2D eigenvalue weighted by molar-refractivity contribution is 0.302. The van der Waals surface area contributed by atoms with Crippen molar-refractivity contribution in [1.29, 1.82) is 0 Å². The van der Waals surface area contributed by atoms with Crippen LogP contribution in [-0.2, 0) is 6.61 Å². The zero-order valence-electron chi connectivity index (χ0n) is 9.90. The van der Waals surface area contributed by atoms with E-state index in [9.17, 15) is 8.78 Å². The molecule has 2 N–H and O–H groups in total. The van der Waals surface area contributed by atoms with Gasteiger partial charge in [0, 0.05) is 23.8 Å². The maximum absolute atomic E-state index is 13.0. The molecule has 0 unspecified atom stereocenters. The standard InChI is InChI=1S/C14H11F2NOS/c15-10-5-11(16)7-12(6-10)18-8-9-3-1-2-4-13(9)14(17)19/h1-7H,8H2,(H2,17,19). The summed E-state index contributed by atoms with van der Waals surface area (Å²) in [5.41, 5.74) is 7.04. The Labute approximate surface area is 114 Å². The number of ether oxygens (including phenoxy) is 1. The van der Waals surface area contributed by atoms with Crippen LogP contribution in [0.3, 0.4) is 0 Å². The highest BCUT2D eigenvalue weighted by Gasteiger charge is 2.06. The monoisotopic (exact) mass is 279 g/mol. The van der Waals surface area contributed by atoms with Crippen molar-refractivity contribution in [1.82, 2.24) is 0 Å². The minimum absolute atomic E-state index is 0.121. The first-order valence-electron chi connectivity index (χ1n) is 5.53. The van der Waals surface area contributed by atoms with Crippen molar-refractivity contribution in [2.45, 2.75) is 6.61 Å². The normalized spacial score (nSPS) is 10.2. The van der Waals surface area contributed by atoms with Crippen LogP contribution in [0.2, 0.25) is 0 Å². The summed E-state index contributed by atoms with van der Waals surface area (Å²) in [6, 6.07) is 10.2. The van der Waals surface area contributed by atoms with Crippen molar-refractivity contribution in [3.05, 3.63) is 65.2 Å². The van der Waals surface area contributed by atoms with Gasteiger partial charge in [0.15, 0.2) is 0 Å². The van der Waals surface area contributed by atoms with Crippen LogP contribution in [0.15, 0.2) is 42.5 Å². The van der Waals surface area contributed by atoms with Crippen LogP contribution in [-0.4, -0.2) is 4.99 Å². The van der Waals surface area contributed by atoms with E-state index in [0.29, 0.717) is 5.56 Å². The fourth-order valence-corrected chi connectivity index (χ4v) is 1.86. The molecule has 0 aliphatic heterocycles. The highest BCUT2D eigenvalue weighted by atomic mass is 32.1. The second-order valence-corrected chi connectivity index (χ2v) is 4.36. The smallest absolute Gasteiger partial charge is 0.129 e. The molecule has 0 atom stereocenters. The van der Waals surface area contributed by atoms with E-state index < -0.39 is 11.6 Å². The topological polar surface area (TPSA) is 35.2 Å². The largest absolute Gasteiger partial charge is 0.489 e. The molecule has 2 aromatic carbocycles. The molecule has 0 radical (unpaired) electrons. The van der Waals surface area contributed by atoms with E-state index in [1.807, 2.05) is 6.07 Å². The van der Waals surface area contributed by atoms with Gasteiger partial charge in [0.1, 0.15) is 29.0 Å². The predicted molar refractivity (Wildman–Crippen MR) is 73.0 cm³/mol. The van der Waals surface area contributed by atoms with Gasteiger partial charge in [-0.05, 0) is 5.56 Å². The molecular formula is C14H11F2NOS. The van der Waals surface area contributed by atoms with Gasteiger partial charge in [-0.3, -0.25) is 0 Å². The van der Waals surface area contributed by atoms with Gasteiger partial charge < -0.3 is 10.5 Å². The Kier molecular flexibility index (Phi) is 4.06. The van der Waals surface area contributed by atoms with Gasteiger partial charge in [-0.15, -0.1) is 0 Å². The van der Waals surface area contributed by atoms with Crippen molar-refractivity contribution in [3.63, 3.8) is 0 Å². The zero-order valence-corrected chi connectivity index (χ0v) is 10.7. The molecule has 0 aliphatic rings. The molecular weight excluding hydrogens is 268 g/mol. The van der Waals surface area contributed by atoms with Crippen LogP contribution in [0.25, 0.3) is 0 Å². The zero-order chi connectivity index (χ0) is 13.8. The molecule has 98 valence electrons. The minimum Gasteiger partial charge on any atom is -0.489 e. The number of hydrogen-bond acceptors (Lipinski definition) is 2. The molecule has 0 fully saturated rings. The molecule has 0 saturated heterocycles. The number of halogens is 2. The van der Waals surface area contributed by atoms with Gasteiger partial charge in [0.2, 0.25) is 0 Å². The predicted octanol–water partition coefficient (Wildman–Crippen LogP) is 3.18. The Morgan fingerprint density at radius 1 is 1.11 bits per heavy atom. The lowest BCUT2D eigenvalue weighted by Crippen LogP contribution is -2.13. The average Bonchev–Trinajstić information content (AvgIpc) is 2.35. The van der Waals surface area contributed by atoms with E-state index >= 15 is 0 Å². The van der Waals surface area contributed by atoms with E-state index in [1.165, 1.54) is 0 Å². The number of hydrogen-bond donors (Lipinski definition) is 1. The first-order chi connectivity index (χ1) is 9.06. The van der Waals surface area contributed by atoms with Crippen LogP contribution in [0.5, 0.6) is 5.75 Å². The molecule has 0 amide bonds. The van der Waals surface area contributed by atoms with Crippen molar-refractivity contribution in [3.8, 4) is 5.75 Å². The molecule has 19 heavy (non-hydrogen) atoms. The Morgan fingerprint density at radius 3 is 2.37 bits per heavy atom. The van der Waals surface area contributed by atoms with Crippen molar-refractivity contribution in [2.75, 3.05) is 0 Å². The van der Waals surface area contributed by atoms with Crippen LogP contribution in [0, 0.1) is 11.6 Å². The number of nitrogens with two attached hydrogens (primary N) is 1. The van der Waals surface area contributed by atoms with Gasteiger partial charge in [-0.1, -0.05) is 36.5 Å². The molecule has 0 aliphatic carbocycles. The lowest BCUT2D eigenvalue weighted by atomic mass is 10.1. The third-order valence-electron chi connectivity index (χ3n) is 2.51. The molecule has 0 bridgehead atoms. The molecule has 2 rings (SSSR count). The van der Waals surface area contributed by atoms with E-state index in [1.54, 1.807) is 18.2 Å². The quantitative estimate of drug-likeness (QED) is 0.873. The first-order valence-corrected chi connectivity index (χ1v) is 5.93. The van der Waals surface area contributed by atoms with Crippen LogP contribution >= 0.6 is 12.2 Å².